The molecule has 0 aliphatic carbocycles. The minimum Gasteiger partial charge on any atom is -0.477 e. The molecule has 0 unspecified atom stereocenters. The lowest BCUT2D eigenvalue weighted by molar-refractivity contribution is -0.771. The molecule has 0 saturated carbocycles. The Morgan fingerprint density at radius 1 is 1.42 bits per heavy atom. The van der Waals surface area contributed by atoms with E-state index in [-0.39, 0.29) is 33.7 Å². The Kier molecular flexibility index (Phi) is 7.18. The lowest BCUT2D eigenvalue weighted by Crippen LogP contribution is -2.71. The predicted molar refractivity (Wildman–Crippen MR) is 129 cm³/mol. The quantitative estimate of drug-likeness (QED) is 0.0588. The molecule has 2 aliphatic heterocycles. The van der Waals surface area contributed by atoms with Crippen molar-refractivity contribution >= 4 is 63.5 Å². The molecule has 15 nitrogen and oxygen atoms in total. The molecular weight excluding hydrogens is 536 g/mol. The Morgan fingerprint density at radius 2 is 2.17 bits per heavy atom. The van der Waals surface area contributed by atoms with Gasteiger partial charge in [0.25, 0.3) is 11.8 Å². The SMILES string of the molecule is CO/N=C(/C(=O)N[C@H]1C(=O)N2C(C(=O)O)=C(CSc3[nH]c(=O)c(=O)[nH][n+]3C)CS[C@@H]12)c1csc(N)n1. The molecule has 0 spiro atoms. The first-order valence-corrected chi connectivity index (χ1v) is 12.9. The van der Waals surface area contributed by atoms with Gasteiger partial charge in [-0.2, -0.15) is 14.8 Å². The smallest absolute Gasteiger partial charge is 0.400 e. The molecular formula is C18H19N8O7S3+. The number of nitrogens with two attached hydrogens (primary N) is 1. The van der Waals surface area contributed by atoms with Crippen LogP contribution in [0.2, 0.25) is 0 Å². The molecule has 18 heteroatoms. The minimum absolute atomic E-state index is 0.133. The maximum atomic E-state index is 12.9. The van der Waals surface area contributed by atoms with Crippen LogP contribution in [-0.4, -0.2) is 78.6 Å². The van der Waals surface area contributed by atoms with Crippen LogP contribution in [0.4, 0.5) is 5.13 Å². The summed E-state index contributed by atoms with van der Waals surface area (Å²) >= 11 is 3.48. The third-order valence-electron chi connectivity index (χ3n) is 5.08. The normalized spacial score (nSPS) is 19.6. The van der Waals surface area contributed by atoms with Gasteiger partial charge < -0.3 is 21.0 Å². The Morgan fingerprint density at radius 3 is 2.81 bits per heavy atom. The van der Waals surface area contributed by atoms with Crippen molar-refractivity contribution in [2.45, 2.75) is 16.6 Å². The van der Waals surface area contributed by atoms with Crippen LogP contribution in [0.1, 0.15) is 5.69 Å². The number of oxime groups is 1. The maximum Gasteiger partial charge on any atom is 0.400 e. The van der Waals surface area contributed by atoms with Crippen LogP contribution in [0.15, 0.2) is 36.6 Å². The van der Waals surface area contributed by atoms with Crippen LogP contribution in [0.25, 0.3) is 0 Å². The van der Waals surface area contributed by atoms with E-state index in [1.807, 2.05) is 0 Å². The number of thioether (sulfide) groups is 2. The minimum atomic E-state index is -1.30. The van der Waals surface area contributed by atoms with E-state index in [4.69, 9.17) is 10.6 Å². The number of thiazole rings is 1. The van der Waals surface area contributed by atoms with Crippen molar-refractivity contribution in [3.63, 3.8) is 0 Å². The zero-order valence-electron chi connectivity index (χ0n) is 18.6. The van der Waals surface area contributed by atoms with Crippen LogP contribution in [0, 0.1) is 0 Å². The summed E-state index contributed by atoms with van der Waals surface area (Å²) in [6.07, 6.45) is 0. The van der Waals surface area contributed by atoms with Crippen LogP contribution < -0.4 is 26.9 Å². The van der Waals surface area contributed by atoms with Crippen molar-refractivity contribution < 1.29 is 29.0 Å². The van der Waals surface area contributed by atoms with Crippen LogP contribution in [0.5, 0.6) is 0 Å². The van der Waals surface area contributed by atoms with Crippen molar-refractivity contribution in [1.82, 2.24) is 25.3 Å². The van der Waals surface area contributed by atoms with Gasteiger partial charge in [-0.05, 0) is 17.3 Å². The summed E-state index contributed by atoms with van der Waals surface area (Å²) < 4.78 is 1.31. The highest BCUT2D eigenvalue weighted by Crippen LogP contribution is 2.41. The van der Waals surface area contributed by atoms with Gasteiger partial charge in [0.1, 0.15) is 37.0 Å². The van der Waals surface area contributed by atoms with Gasteiger partial charge >= 0.3 is 22.2 Å². The first-order chi connectivity index (χ1) is 17.1. The summed E-state index contributed by atoms with van der Waals surface area (Å²) in [5, 5.41) is 19.8. The molecule has 2 atom stereocenters. The fraction of sp³-hybridized carbons (Fsp3) is 0.333. The second-order valence-electron chi connectivity index (χ2n) is 7.36. The van der Waals surface area contributed by atoms with Gasteiger partial charge in [0.2, 0.25) is 0 Å². The number of nitrogen functional groups attached to an aromatic ring is 1. The van der Waals surface area contributed by atoms with Gasteiger partial charge in [-0.15, -0.1) is 23.1 Å². The molecule has 2 aliphatic rings. The molecule has 0 bridgehead atoms. The van der Waals surface area contributed by atoms with Gasteiger partial charge in [0.05, 0.1) is 0 Å². The highest BCUT2D eigenvalue weighted by molar-refractivity contribution is 8.01. The highest BCUT2D eigenvalue weighted by Gasteiger charge is 2.54. The number of rotatable bonds is 8. The van der Waals surface area contributed by atoms with Gasteiger partial charge in [-0.25, -0.2) is 14.6 Å². The second-order valence-corrected chi connectivity index (χ2v) is 10.3. The van der Waals surface area contributed by atoms with Crippen LogP contribution >= 0.6 is 34.9 Å². The van der Waals surface area contributed by atoms with Crippen LogP contribution in [0.3, 0.4) is 0 Å². The fourth-order valence-electron chi connectivity index (χ4n) is 3.48. The first kappa shape index (κ1) is 25.5. The number of H-pyrrole nitrogens is 2. The Labute approximate surface area is 213 Å². The summed E-state index contributed by atoms with van der Waals surface area (Å²) in [6.45, 7) is 0. The Bertz CT molecular complexity index is 1430. The zero-order chi connectivity index (χ0) is 26.1. The van der Waals surface area contributed by atoms with E-state index in [0.717, 1.165) is 28.0 Å². The monoisotopic (exact) mass is 555 g/mol. The van der Waals surface area contributed by atoms with Crippen molar-refractivity contribution in [2.75, 3.05) is 24.3 Å². The van der Waals surface area contributed by atoms with E-state index in [1.54, 1.807) is 0 Å². The fourth-order valence-corrected chi connectivity index (χ4v) is 6.45. The molecule has 4 rings (SSSR count). The van der Waals surface area contributed by atoms with E-state index < -0.39 is 40.3 Å². The number of fused-ring (bicyclic) bond motifs is 1. The molecule has 6 N–H and O–H groups in total. The first-order valence-electron chi connectivity index (χ1n) is 10.0. The second kappa shape index (κ2) is 10.2. The summed E-state index contributed by atoms with van der Waals surface area (Å²) in [6, 6.07) is -0.988. The molecule has 1 fully saturated rings. The van der Waals surface area contributed by atoms with Crippen molar-refractivity contribution in [2.24, 2.45) is 12.2 Å². The average Bonchev–Trinajstić information content (AvgIpc) is 3.27. The molecule has 2 aromatic heterocycles. The number of carboxylic acid groups (broad SMARTS) is 1. The third kappa shape index (κ3) is 4.73. The number of carbonyl (C=O) groups is 3. The van der Waals surface area contributed by atoms with Crippen LogP contribution in [-0.2, 0) is 26.3 Å². The summed E-state index contributed by atoms with van der Waals surface area (Å²) in [7, 11) is 2.77. The largest absolute Gasteiger partial charge is 0.477 e. The van der Waals surface area contributed by atoms with Gasteiger partial charge in [-0.1, -0.05) is 5.16 Å². The van der Waals surface area contributed by atoms with E-state index in [9.17, 15) is 29.1 Å². The number of anilines is 1. The number of aliphatic carboxylic acids is 1. The lowest BCUT2D eigenvalue weighted by Gasteiger charge is -2.49. The number of aryl methyl sites for hydroxylation is 1. The third-order valence-corrected chi connectivity index (χ3v) is 8.24. The molecule has 190 valence electrons. The molecule has 0 radical (unpaired) electrons. The van der Waals surface area contributed by atoms with E-state index in [2.05, 4.69) is 25.5 Å². The Balaban J connectivity index is 1.51. The highest BCUT2D eigenvalue weighted by atomic mass is 32.2. The summed E-state index contributed by atoms with van der Waals surface area (Å²) in [4.78, 5) is 73.1. The summed E-state index contributed by atoms with van der Waals surface area (Å²) in [5.41, 5.74) is 4.22. The molecule has 36 heavy (non-hydrogen) atoms. The predicted octanol–water partition coefficient (Wildman–Crippen LogP) is -2.19. The maximum absolute atomic E-state index is 12.9. The molecule has 0 aromatic carbocycles. The van der Waals surface area contributed by atoms with E-state index in [1.165, 1.54) is 36.0 Å². The number of aromatic nitrogens is 4. The van der Waals surface area contributed by atoms with Crippen molar-refractivity contribution in [3.05, 3.63) is 43.1 Å². The molecule has 4 heterocycles. The number of hydrogen-bond donors (Lipinski definition) is 5. The molecule has 2 aromatic rings. The lowest BCUT2D eigenvalue weighted by atomic mass is 10.0. The summed E-state index contributed by atoms with van der Waals surface area (Å²) in [5.74, 6) is -2.23. The van der Waals surface area contributed by atoms with Gasteiger partial charge in [0.15, 0.2) is 10.8 Å². The topological polar surface area (TPSA) is 217 Å². The number of hydrogen-bond acceptors (Lipinski definition) is 12. The number of β-lactam (4-membered cyclic amide) rings is 1. The number of nitrogens with one attached hydrogen (secondary N) is 3. The zero-order valence-corrected chi connectivity index (χ0v) is 21.1. The Hall–Kier alpha value is -3.64. The number of nitrogens with zero attached hydrogens (tertiary/aromatic N) is 4. The number of amides is 2. The molecule has 1 saturated heterocycles. The van der Waals surface area contributed by atoms with Gasteiger partial charge in [-0.3, -0.25) is 19.3 Å². The number of aromatic amines is 2. The molecule has 2 amide bonds. The average molecular weight is 556 g/mol. The number of carboxylic acids is 1. The van der Waals surface area contributed by atoms with Crippen molar-refractivity contribution in [1.29, 1.82) is 0 Å². The van der Waals surface area contributed by atoms with Gasteiger partial charge in [0, 0.05) is 16.9 Å². The standard InChI is InChI=1S/C18H18N8O7S3/c1-25-18(22-12(28)13(29)23-25)36-4-6-3-34-15-9(14(30)26(15)10(6)16(31)32)21-11(27)8(24-33-2)7-5-35-17(19)20-7/h5,9,15H,3-4H2,1-2H3,(H5,19,20,21,23,27,29,31,32)/p+1/b24-8+/t9-,15-/m0/s1. The van der Waals surface area contributed by atoms with E-state index >= 15 is 0 Å². The van der Waals surface area contributed by atoms with E-state index in [0.29, 0.717) is 10.7 Å². The number of carbonyl (C=O) groups excluding carboxylic acids is 2. The van der Waals surface area contributed by atoms with Crippen molar-refractivity contribution in [3.8, 4) is 0 Å².